The number of hydrogen-bond donors (Lipinski definition) is 6. The zero-order valence-electron chi connectivity index (χ0n) is 35.8. The minimum Gasteiger partial charge on any atom is -0.504 e. The van der Waals surface area contributed by atoms with Gasteiger partial charge in [-0.05, 0) is 132 Å². The summed E-state index contributed by atoms with van der Waals surface area (Å²) >= 11 is 0. The monoisotopic (exact) mass is 825 g/mol. The van der Waals surface area contributed by atoms with E-state index in [1.165, 1.54) is 26.4 Å². The molecule has 0 radical (unpaired) electrons. The first kappa shape index (κ1) is 40.8. The first-order valence-corrected chi connectivity index (χ1v) is 23.3. The van der Waals surface area contributed by atoms with Crippen LogP contribution in [0.5, 0.6) is 23.0 Å². The second-order valence-corrected chi connectivity index (χ2v) is 20.2. The molecule has 4 fully saturated rings. The molecular formula is C53H63NO7. The van der Waals surface area contributed by atoms with Crippen LogP contribution in [0.25, 0.3) is 0 Å². The van der Waals surface area contributed by atoms with Crippen LogP contribution in [-0.4, -0.2) is 57.1 Å². The highest BCUT2D eigenvalue weighted by Gasteiger charge is 2.73. The van der Waals surface area contributed by atoms with Crippen molar-refractivity contribution in [2.24, 2.45) is 46.3 Å². The number of ketones is 1. The van der Waals surface area contributed by atoms with Crippen LogP contribution in [0, 0.1) is 58.2 Å². The molecule has 1 heterocycles. The van der Waals surface area contributed by atoms with Crippen LogP contribution in [0.1, 0.15) is 124 Å². The molecule has 0 amide bonds. The van der Waals surface area contributed by atoms with E-state index in [1.807, 2.05) is 30.3 Å². The lowest BCUT2D eigenvalue weighted by Gasteiger charge is -2.73. The SMILES string of the molecule is CCCCCC1C(=O)CC(c2cc(OC)c(O)cc2CO)C(Cc2ccccc2)C#CC2CNC3CCC45C=CC6CCCC6(C4)C4CC5C3(c3cc(O)c(O)cc34)C2C1O. The molecule has 1 aliphatic heterocycles. The maximum Gasteiger partial charge on any atom is 0.160 e. The Morgan fingerprint density at radius 2 is 1.77 bits per heavy atom. The van der Waals surface area contributed by atoms with Gasteiger partial charge in [0, 0.05) is 54.0 Å². The number of aliphatic hydroxyl groups excluding tert-OH is 2. The largest absolute Gasteiger partial charge is 0.504 e. The molecule has 3 aromatic rings. The Morgan fingerprint density at radius 3 is 2.56 bits per heavy atom. The van der Waals surface area contributed by atoms with E-state index < -0.39 is 29.3 Å². The van der Waals surface area contributed by atoms with Crippen molar-refractivity contribution in [1.29, 1.82) is 0 Å². The zero-order valence-corrected chi connectivity index (χ0v) is 35.8. The van der Waals surface area contributed by atoms with Crippen LogP contribution in [0.2, 0.25) is 0 Å². The van der Waals surface area contributed by atoms with Gasteiger partial charge in [-0.2, -0.15) is 0 Å². The lowest BCUT2D eigenvalue weighted by atomic mass is 9.32. The molecule has 4 bridgehead atoms. The standard InChI is InChI=1S/C53H63NO7/c1-3-4-6-13-36-42(56)23-37(38-25-46(61-2)45(59)22-34(38)29-55)32(21-31-10-7-5-8-11-31)14-15-33-28-54-48-17-20-51-19-16-35-12-9-18-52(35,30-51)40-27-47(51)53(48,49(33)50(36)60)41-26-44(58)43(57)24-39(40)41/h5,7-8,10-11,16,19,22,24-26,32-33,35-37,40,47-50,54-55,57-60H,3-4,6,9,12-13,17-18,20-21,23,27-30H2,1-2H3. The number of carbonyl (C=O) groups is 1. The van der Waals surface area contributed by atoms with Gasteiger partial charge in [0.2, 0.25) is 0 Å². The van der Waals surface area contributed by atoms with Gasteiger partial charge in [-0.3, -0.25) is 4.79 Å². The fourth-order valence-corrected chi connectivity index (χ4v) is 15.3. The Labute approximate surface area is 360 Å². The molecule has 3 saturated carbocycles. The number of phenols is 3. The number of phenolic OH excluding ortho intramolecular Hbond substituents is 3. The topological polar surface area (TPSA) is 139 Å². The van der Waals surface area contributed by atoms with Gasteiger partial charge in [-0.1, -0.05) is 86.9 Å². The molecule has 10 rings (SSSR count). The average Bonchev–Trinajstić information content (AvgIpc) is 3.68. The molecule has 8 heteroatoms. The third-order valence-corrected chi connectivity index (χ3v) is 17.7. The minimum absolute atomic E-state index is 0.00142. The van der Waals surface area contributed by atoms with Crippen LogP contribution >= 0.6 is 0 Å². The average molecular weight is 826 g/mol. The van der Waals surface area contributed by atoms with Crippen molar-refractivity contribution < 1.29 is 35.1 Å². The normalized spacial score (nSPS) is 37.9. The smallest absolute Gasteiger partial charge is 0.160 e. The maximum absolute atomic E-state index is 15.5. The lowest BCUT2D eigenvalue weighted by Crippen LogP contribution is -2.75. The predicted octanol–water partition coefficient (Wildman–Crippen LogP) is 8.57. The molecule has 8 nitrogen and oxygen atoms in total. The lowest BCUT2D eigenvalue weighted by molar-refractivity contribution is -0.161. The van der Waals surface area contributed by atoms with E-state index in [4.69, 9.17) is 4.74 Å². The maximum atomic E-state index is 15.5. The van der Waals surface area contributed by atoms with Gasteiger partial charge in [0.05, 0.1) is 19.8 Å². The van der Waals surface area contributed by atoms with E-state index in [9.17, 15) is 25.5 Å². The van der Waals surface area contributed by atoms with E-state index in [-0.39, 0.29) is 82.4 Å². The summed E-state index contributed by atoms with van der Waals surface area (Å²) in [6.07, 6.45) is 15.7. The van der Waals surface area contributed by atoms with E-state index in [1.54, 1.807) is 12.1 Å². The van der Waals surface area contributed by atoms with E-state index in [0.717, 1.165) is 67.2 Å². The van der Waals surface area contributed by atoms with E-state index >= 15 is 4.79 Å². The van der Waals surface area contributed by atoms with Gasteiger partial charge in [0.15, 0.2) is 23.0 Å². The Bertz CT molecular complexity index is 2280. The molecule has 3 spiro atoms. The highest BCUT2D eigenvalue weighted by Crippen LogP contribution is 2.78. The molecule has 322 valence electrons. The quantitative estimate of drug-likeness (QED) is 0.0547. The number of fused-ring (bicyclic) bond motifs is 4. The van der Waals surface area contributed by atoms with E-state index in [0.29, 0.717) is 30.9 Å². The van der Waals surface area contributed by atoms with Crippen molar-refractivity contribution in [2.75, 3.05) is 13.7 Å². The Kier molecular flexibility index (Phi) is 10.4. The molecule has 6 N–H and O–H groups in total. The first-order chi connectivity index (χ1) is 29.6. The number of Topliss-reactive ketones (excluding diaryl/α,β-unsaturated/α-hetero) is 1. The molecule has 13 atom stereocenters. The summed E-state index contributed by atoms with van der Waals surface area (Å²) < 4.78 is 5.61. The van der Waals surface area contributed by atoms with Crippen molar-refractivity contribution >= 4 is 5.78 Å². The summed E-state index contributed by atoms with van der Waals surface area (Å²) in [5.74, 6) is 6.34. The number of hydrogen-bond acceptors (Lipinski definition) is 8. The number of unbranched alkanes of at least 4 members (excludes halogenated alkanes) is 2. The number of nitrogens with one attached hydrogen (secondary N) is 1. The van der Waals surface area contributed by atoms with Crippen LogP contribution in [0.4, 0.5) is 0 Å². The summed E-state index contributed by atoms with van der Waals surface area (Å²) in [7, 11) is 1.50. The first-order valence-electron chi connectivity index (χ1n) is 23.3. The molecule has 6 aliphatic carbocycles. The number of carbonyl (C=O) groups excluding carboxylic acids is 1. The van der Waals surface area contributed by atoms with Crippen LogP contribution < -0.4 is 10.1 Å². The Hall–Kier alpha value is -4.29. The molecular weight excluding hydrogens is 763 g/mol. The van der Waals surface area contributed by atoms with Crippen LogP contribution in [0.15, 0.2) is 66.7 Å². The number of aliphatic hydroxyl groups is 2. The third kappa shape index (κ3) is 6.15. The summed E-state index contributed by atoms with van der Waals surface area (Å²) in [5.41, 5.74) is 3.90. The number of rotatable bonds is 9. The fourth-order valence-electron chi connectivity index (χ4n) is 15.3. The second kappa shape index (κ2) is 15.5. The molecule has 13 unspecified atom stereocenters. The van der Waals surface area contributed by atoms with Crippen molar-refractivity contribution in [1.82, 2.24) is 5.32 Å². The van der Waals surface area contributed by atoms with Gasteiger partial charge >= 0.3 is 0 Å². The van der Waals surface area contributed by atoms with Gasteiger partial charge in [0.25, 0.3) is 0 Å². The number of methoxy groups -OCH3 is 1. The molecule has 1 saturated heterocycles. The molecule has 0 aromatic heterocycles. The van der Waals surface area contributed by atoms with Gasteiger partial charge in [0.1, 0.15) is 5.78 Å². The molecule has 61 heavy (non-hydrogen) atoms. The summed E-state index contributed by atoms with van der Waals surface area (Å²) in [4.78, 5) is 15.5. The van der Waals surface area contributed by atoms with Gasteiger partial charge < -0.3 is 35.6 Å². The third-order valence-electron chi connectivity index (χ3n) is 17.7. The number of piperidine rings is 1. The molecule has 7 aliphatic rings. The van der Waals surface area contributed by atoms with Gasteiger partial charge in [-0.25, -0.2) is 0 Å². The number of aromatic hydroxyl groups is 3. The Balaban J connectivity index is 1.20. The molecule has 3 aromatic carbocycles. The second-order valence-electron chi connectivity index (χ2n) is 20.2. The van der Waals surface area contributed by atoms with Crippen molar-refractivity contribution in [3.63, 3.8) is 0 Å². The number of allylic oxidation sites excluding steroid dienone is 2. The fraction of sp³-hybridized carbons (Fsp3) is 0.566. The predicted molar refractivity (Wildman–Crippen MR) is 234 cm³/mol. The summed E-state index contributed by atoms with van der Waals surface area (Å²) in [6.45, 7) is 2.40. The van der Waals surface area contributed by atoms with Crippen molar-refractivity contribution in [2.45, 2.75) is 126 Å². The van der Waals surface area contributed by atoms with Crippen LogP contribution in [0.3, 0.4) is 0 Å². The van der Waals surface area contributed by atoms with Gasteiger partial charge in [-0.15, -0.1) is 0 Å². The number of benzene rings is 3. The highest BCUT2D eigenvalue weighted by molar-refractivity contribution is 5.83. The van der Waals surface area contributed by atoms with Crippen LogP contribution in [-0.2, 0) is 23.2 Å². The highest BCUT2D eigenvalue weighted by atomic mass is 16.5. The van der Waals surface area contributed by atoms with E-state index in [2.05, 4.69) is 48.4 Å². The zero-order chi connectivity index (χ0) is 42.3. The summed E-state index contributed by atoms with van der Waals surface area (Å²) in [5, 5.41) is 62.0. The Morgan fingerprint density at radius 1 is 0.951 bits per heavy atom. The number of ether oxygens (including phenoxy) is 1. The minimum atomic E-state index is -1.01. The van der Waals surface area contributed by atoms with Crippen molar-refractivity contribution in [3.05, 3.63) is 94.6 Å². The van der Waals surface area contributed by atoms with Crippen molar-refractivity contribution in [3.8, 4) is 34.8 Å². The summed E-state index contributed by atoms with van der Waals surface area (Å²) in [6, 6.07) is 17.3.